The molecule has 1 heterocycles. The fraction of sp³-hybridized carbons (Fsp3) is 0.174. The van der Waals surface area contributed by atoms with Crippen LogP contribution in [0.3, 0.4) is 0 Å². The van der Waals surface area contributed by atoms with Crippen molar-refractivity contribution in [3.8, 4) is 11.5 Å². The average Bonchev–Trinajstić information content (AvgIpc) is 2.77. The second kappa shape index (κ2) is 8.65. The zero-order valence-electron chi connectivity index (χ0n) is 16.5. The lowest BCUT2D eigenvalue weighted by Gasteiger charge is -2.19. The molecule has 0 radical (unpaired) electrons. The maximum Gasteiger partial charge on any atom is 0.271 e. The van der Waals surface area contributed by atoms with Gasteiger partial charge in [-0.05, 0) is 35.9 Å². The molecule has 7 heteroatoms. The molecule has 7 nitrogen and oxygen atoms in total. The van der Waals surface area contributed by atoms with E-state index in [-0.39, 0.29) is 18.2 Å². The van der Waals surface area contributed by atoms with Gasteiger partial charge in [-0.25, -0.2) is 5.43 Å². The molecule has 0 spiro atoms. The van der Waals surface area contributed by atoms with E-state index in [1.165, 1.54) is 0 Å². The van der Waals surface area contributed by atoms with Gasteiger partial charge in [0, 0.05) is 23.0 Å². The van der Waals surface area contributed by atoms with Gasteiger partial charge in [0.1, 0.15) is 13.2 Å². The van der Waals surface area contributed by atoms with Gasteiger partial charge in [-0.15, -0.1) is 0 Å². The van der Waals surface area contributed by atoms with Gasteiger partial charge in [0.05, 0.1) is 6.42 Å². The van der Waals surface area contributed by atoms with E-state index < -0.39 is 0 Å². The lowest BCUT2D eigenvalue weighted by Crippen LogP contribution is -2.22. The highest BCUT2D eigenvalue weighted by Crippen LogP contribution is 2.32. The third-order valence-corrected chi connectivity index (χ3v) is 4.62. The molecule has 0 bridgehead atoms. The van der Waals surface area contributed by atoms with Crippen LogP contribution >= 0.6 is 0 Å². The minimum atomic E-state index is -0.321. The van der Waals surface area contributed by atoms with Crippen molar-refractivity contribution in [3.63, 3.8) is 0 Å². The SMILES string of the molecule is C/C(CC(=O)Nc1ccc2c(c1)OCCO2)=N/NC(=O)c1cccc2ccccc12. The van der Waals surface area contributed by atoms with Gasteiger partial charge in [-0.3, -0.25) is 9.59 Å². The molecule has 0 saturated heterocycles. The molecule has 3 aromatic rings. The van der Waals surface area contributed by atoms with E-state index >= 15 is 0 Å². The molecule has 0 unspecified atom stereocenters. The number of amides is 2. The number of carbonyl (C=O) groups excluding carboxylic acids is 2. The van der Waals surface area contributed by atoms with Gasteiger partial charge in [0.15, 0.2) is 11.5 Å². The third kappa shape index (κ3) is 4.41. The van der Waals surface area contributed by atoms with Crippen molar-refractivity contribution in [3.05, 3.63) is 66.2 Å². The highest BCUT2D eigenvalue weighted by molar-refractivity contribution is 6.08. The summed E-state index contributed by atoms with van der Waals surface area (Å²) in [7, 11) is 0. The van der Waals surface area contributed by atoms with Gasteiger partial charge in [-0.2, -0.15) is 5.10 Å². The predicted octanol–water partition coefficient (Wildman–Crippen LogP) is 3.75. The van der Waals surface area contributed by atoms with Crippen molar-refractivity contribution in [2.75, 3.05) is 18.5 Å². The first kappa shape index (κ1) is 19.4. The lowest BCUT2D eigenvalue weighted by atomic mass is 10.0. The van der Waals surface area contributed by atoms with E-state index in [1.807, 2.05) is 36.4 Å². The van der Waals surface area contributed by atoms with E-state index in [0.717, 1.165) is 10.8 Å². The monoisotopic (exact) mass is 403 g/mol. The van der Waals surface area contributed by atoms with Crippen LogP contribution < -0.4 is 20.2 Å². The Morgan fingerprint density at radius 1 is 0.967 bits per heavy atom. The summed E-state index contributed by atoms with van der Waals surface area (Å²) in [5.41, 5.74) is 4.16. The van der Waals surface area contributed by atoms with Gasteiger partial charge >= 0.3 is 0 Å². The number of carbonyl (C=O) groups is 2. The zero-order valence-corrected chi connectivity index (χ0v) is 16.5. The fourth-order valence-corrected chi connectivity index (χ4v) is 3.23. The van der Waals surface area contributed by atoms with E-state index in [0.29, 0.717) is 41.7 Å². The molecule has 0 aromatic heterocycles. The number of hydrogen-bond acceptors (Lipinski definition) is 5. The van der Waals surface area contributed by atoms with Crippen LogP contribution in [0.1, 0.15) is 23.7 Å². The van der Waals surface area contributed by atoms with Crippen molar-refractivity contribution >= 4 is 34.0 Å². The lowest BCUT2D eigenvalue weighted by molar-refractivity contribution is -0.115. The molecular formula is C23H21N3O4. The first-order chi connectivity index (χ1) is 14.6. The van der Waals surface area contributed by atoms with Crippen molar-refractivity contribution in [1.82, 2.24) is 5.43 Å². The molecule has 152 valence electrons. The quantitative estimate of drug-likeness (QED) is 0.502. The molecule has 30 heavy (non-hydrogen) atoms. The number of rotatable bonds is 5. The number of ether oxygens (including phenoxy) is 2. The first-order valence-electron chi connectivity index (χ1n) is 9.61. The van der Waals surface area contributed by atoms with Crippen LogP contribution in [0.2, 0.25) is 0 Å². The molecule has 1 aliphatic rings. The van der Waals surface area contributed by atoms with E-state index in [2.05, 4.69) is 15.8 Å². The predicted molar refractivity (Wildman–Crippen MR) is 115 cm³/mol. The zero-order chi connectivity index (χ0) is 20.9. The van der Waals surface area contributed by atoms with Gasteiger partial charge in [-0.1, -0.05) is 36.4 Å². The maximum atomic E-state index is 12.5. The number of hydrogen-bond donors (Lipinski definition) is 2. The van der Waals surface area contributed by atoms with Crippen molar-refractivity contribution in [2.45, 2.75) is 13.3 Å². The van der Waals surface area contributed by atoms with Crippen LogP contribution in [0, 0.1) is 0 Å². The molecule has 0 fully saturated rings. The Hall–Kier alpha value is -3.87. The molecular weight excluding hydrogens is 382 g/mol. The van der Waals surface area contributed by atoms with E-state index in [9.17, 15) is 9.59 Å². The number of anilines is 1. The Labute approximate surface area is 173 Å². The Kier molecular flexibility index (Phi) is 5.61. The second-order valence-corrected chi connectivity index (χ2v) is 6.90. The van der Waals surface area contributed by atoms with Crippen LogP contribution in [0.4, 0.5) is 5.69 Å². The van der Waals surface area contributed by atoms with Crippen LogP contribution in [0.15, 0.2) is 65.8 Å². The molecule has 0 aliphatic carbocycles. The number of hydrazone groups is 1. The Morgan fingerprint density at radius 3 is 2.60 bits per heavy atom. The summed E-state index contributed by atoms with van der Waals surface area (Å²) in [6.45, 7) is 2.68. The summed E-state index contributed by atoms with van der Waals surface area (Å²) in [5.74, 6) is 0.700. The molecule has 0 saturated carbocycles. The summed E-state index contributed by atoms with van der Waals surface area (Å²) in [6, 6.07) is 18.4. The van der Waals surface area contributed by atoms with Crippen LogP contribution in [0.5, 0.6) is 11.5 Å². The Balaban J connectivity index is 1.37. The summed E-state index contributed by atoms with van der Waals surface area (Å²) >= 11 is 0. The Morgan fingerprint density at radius 2 is 1.73 bits per heavy atom. The second-order valence-electron chi connectivity index (χ2n) is 6.90. The summed E-state index contributed by atoms with van der Waals surface area (Å²) < 4.78 is 11.0. The number of benzene rings is 3. The largest absolute Gasteiger partial charge is 0.486 e. The van der Waals surface area contributed by atoms with Crippen LogP contribution in [0.25, 0.3) is 10.8 Å². The third-order valence-electron chi connectivity index (χ3n) is 4.62. The van der Waals surface area contributed by atoms with E-state index in [1.54, 1.807) is 31.2 Å². The van der Waals surface area contributed by atoms with Crippen molar-refractivity contribution in [1.29, 1.82) is 0 Å². The van der Waals surface area contributed by atoms with Crippen LogP contribution in [-0.2, 0) is 4.79 Å². The molecule has 2 amide bonds. The fourth-order valence-electron chi connectivity index (χ4n) is 3.23. The summed E-state index contributed by atoms with van der Waals surface area (Å²) in [6.07, 6.45) is 0.0459. The highest BCUT2D eigenvalue weighted by Gasteiger charge is 2.13. The molecule has 1 aliphatic heterocycles. The van der Waals surface area contributed by atoms with Gasteiger partial charge in [0.25, 0.3) is 5.91 Å². The molecule has 4 rings (SSSR count). The first-order valence-corrected chi connectivity index (χ1v) is 9.61. The highest BCUT2D eigenvalue weighted by atomic mass is 16.6. The Bertz CT molecular complexity index is 1140. The minimum Gasteiger partial charge on any atom is -0.486 e. The maximum absolute atomic E-state index is 12.5. The topological polar surface area (TPSA) is 89.0 Å². The molecule has 0 atom stereocenters. The number of nitrogens with one attached hydrogen (secondary N) is 2. The number of nitrogens with zero attached hydrogens (tertiary/aromatic N) is 1. The molecule has 3 aromatic carbocycles. The normalized spacial score (nSPS) is 13.0. The number of fused-ring (bicyclic) bond motifs is 2. The van der Waals surface area contributed by atoms with E-state index in [4.69, 9.17) is 9.47 Å². The summed E-state index contributed by atoms with van der Waals surface area (Å²) in [5, 5.41) is 8.69. The smallest absolute Gasteiger partial charge is 0.271 e. The van der Waals surface area contributed by atoms with Crippen LogP contribution in [-0.4, -0.2) is 30.7 Å². The molecule has 2 N–H and O–H groups in total. The van der Waals surface area contributed by atoms with Gasteiger partial charge in [0.2, 0.25) is 5.91 Å². The van der Waals surface area contributed by atoms with Crippen molar-refractivity contribution < 1.29 is 19.1 Å². The average molecular weight is 403 g/mol. The summed E-state index contributed by atoms with van der Waals surface area (Å²) in [4.78, 5) is 24.8. The van der Waals surface area contributed by atoms with Crippen molar-refractivity contribution in [2.24, 2.45) is 5.10 Å². The van der Waals surface area contributed by atoms with Gasteiger partial charge < -0.3 is 14.8 Å². The minimum absolute atomic E-state index is 0.0459. The standard InChI is InChI=1S/C23H21N3O4/c1-15(13-22(27)24-17-9-10-20-21(14-17)30-12-11-29-20)25-26-23(28)19-8-4-6-16-5-2-3-7-18(16)19/h2-10,14H,11-13H2,1H3,(H,24,27)(H,26,28)/b25-15-.